The highest BCUT2D eigenvalue weighted by Gasteiger charge is 2.42. The number of ether oxygens (including phenoxy) is 1. The first-order valence-electron chi connectivity index (χ1n) is 13.8. The Kier molecular flexibility index (Phi) is 11.2. The standard InChI is InChI=1S/C32H38ClN3O4.ClH/c1-21-14-16-32(17-15-21,31(38)39)35-30(37)27-13-11-25(24-9-6-5-8-22(24)2)29(34-27)23-10-12-26(33)28(20-23)40-19-7-18-36(3)4;/h5-6,8-13,20-21H,7,14-19H2,1-4H3,(H,35,37)(H,38,39);1H. The lowest BCUT2D eigenvalue weighted by Crippen LogP contribution is -2.56. The van der Waals surface area contributed by atoms with Crippen LogP contribution in [-0.4, -0.2) is 59.7 Å². The number of hydrogen-bond acceptors (Lipinski definition) is 5. The van der Waals surface area contributed by atoms with Crippen LogP contribution in [-0.2, 0) is 4.79 Å². The molecule has 0 spiro atoms. The van der Waals surface area contributed by atoms with Crippen molar-refractivity contribution in [1.82, 2.24) is 15.2 Å². The van der Waals surface area contributed by atoms with Gasteiger partial charge in [0.05, 0.1) is 17.3 Å². The number of nitrogens with zero attached hydrogens (tertiary/aromatic N) is 2. The first-order valence-corrected chi connectivity index (χ1v) is 14.2. The molecular formula is C32H39Cl2N3O4. The minimum atomic E-state index is -1.28. The van der Waals surface area contributed by atoms with Crippen LogP contribution in [0.25, 0.3) is 22.4 Å². The van der Waals surface area contributed by atoms with E-state index in [1.807, 2.05) is 63.5 Å². The molecule has 0 aliphatic heterocycles. The van der Waals surface area contributed by atoms with E-state index in [-0.39, 0.29) is 18.1 Å². The van der Waals surface area contributed by atoms with Crippen LogP contribution in [0.3, 0.4) is 0 Å². The number of nitrogens with one attached hydrogen (secondary N) is 1. The quantitative estimate of drug-likeness (QED) is 0.246. The summed E-state index contributed by atoms with van der Waals surface area (Å²) in [5, 5.41) is 13.4. The van der Waals surface area contributed by atoms with Crippen LogP contribution in [0, 0.1) is 12.8 Å². The molecule has 220 valence electrons. The van der Waals surface area contributed by atoms with E-state index in [1.54, 1.807) is 12.1 Å². The van der Waals surface area contributed by atoms with Crippen LogP contribution >= 0.6 is 24.0 Å². The number of pyridine rings is 1. The molecule has 1 fully saturated rings. The Morgan fingerprint density at radius 1 is 1.10 bits per heavy atom. The molecule has 1 aliphatic carbocycles. The van der Waals surface area contributed by atoms with Gasteiger partial charge in [0.25, 0.3) is 5.91 Å². The maximum absolute atomic E-state index is 13.5. The van der Waals surface area contributed by atoms with Crippen LogP contribution in [0.4, 0.5) is 0 Å². The number of aryl methyl sites for hydroxylation is 1. The van der Waals surface area contributed by atoms with Gasteiger partial charge in [-0.2, -0.15) is 0 Å². The maximum atomic E-state index is 13.5. The van der Waals surface area contributed by atoms with Crippen molar-refractivity contribution in [2.45, 2.75) is 51.5 Å². The molecule has 0 atom stereocenters. The highest BCUT2D eigenvalue weighted by molar-refractivity contribution is 6.32. The third-order valence-electron chi connectivity index (χ3n) is 7.67. The van der Waals surface area contributed by atoms with Crippen molar-refractivity contribution in [3.8, 4) is 28.1 Å². The molecule has 41 heavy (non-hydrogen) atoms. The second-order valence-electron chi connectivity index (χ2n) is 11.1. The second-order valence-corrected chi connectivity index (χ2v) is 11.5. The van der Waals surface area contributed by atoms with Crippen molar-refractivity contribution in [2.75, 3.05) is 27.2 Å². The second kappa shape index (κ2) is 14.2. The third-order valence-corrected chi connectivity index (χ3v) is 7.98. The number of aliphatic carboxylic acids is 1. The highest BCUT2D eigenvalue weighted by atomic mass is 35.5. The van der Waals surface area contributed by atoms with E-state index in [0.717, 1.165) is 48.1 Å². The zero-order valence-corrected chi connectivity index (χ0v) is 25.6. The minimum absolute atomic E-state index is 0. The fraction of sp³-hybridized carbons (Fsp3) is 0.406. The van der Waals surface area contributed by atoms with Crippen LogP contribution in [0.15, 0.2) is 54.6 Å². The topological polar surface area (TPSA) is 91.8 Å². The van der Waals surface area contributed by atoms with E-state index < -0.39 is 17.4 Å². The lowest BCUT2D eigenvalue weighted by Gasteiger charge is -2.36. The summed E-state index contributed by atoms with van der Waals surface area (Å²) in [7, 11) is 4.03. The summed E-state index contributed by atoms with van der Waals surface area (Å²) in [5.41, 5.74) is 3.14. The first-order chi connectivity index (χ1) is 19.1. The predicted octanol–water partition coefficient (Wildman–Crippen LogP) is 6.89. The number of aromatic nitrogens is 1. The Balaban J connectivity index is 0.00000462. The van der Waals surface area contributed by atoms with E-state index in [0.29, 0.717) is 41.8 Å². The van der Waals surface area contributed by atoms with Crippen molar-refractivity contribution >= 4 is 35.9 Å². The Bertz CT molecular complexity index is 1370. The van der Waals surface area contributed by atoms with Crippen molar-refractivity contribution in [3.63, 3.8) is 0 Å². The van der Waals surface area contributed by atoms with Crippen molar-refractivity contribution in [1.29, 1.82) is 0 Å². The Morgan fingerprint density at radius 2 is 1.80 bits per heavy atom. The molecule has 0 saturated heterocycles. The normalized spacial score (nSPS) is 18.4. The SMILES string of the molecule is Cc1ccccc1-c1ccc(C(=O)NC2(C(=O)O)CCC(C)CC2)nc1-c1ccc(Cl)c(OCCCN(C)C)c1.Cl. The highest BCUT2D eigenvalue weighted by Crippen LogP contribution is 2.37. The molecule has 2 aromatic carbocycles. The molecule has 9 heteroatoms. The lowest BCUT2D eigenvalue weighted by atomic mass is 9.77. The van der Waals surface area contributed by atoms with E-state index in [4.69, 9.17) is 21.3 Å². The van der Waals surface area contributed by atoms with E-state index in [2.05, 4.69) is 17.1 Å². The number of carboxylic acid groups (broad SMARTS) is 1. The number of carboxylic acids is 1. The first kappa shape index (κ1) is 32.4. The van der Waals surface area contributed by atoms with Gasteiger partial charge < -0.3 is 20.1 Å². The van der Waals surface area contributed by atoms with Crippen LogP contribution in [0.2, 0.25) is 5.02 Å². The number of carbonyl (C=O) groups excluding carboxylic acids is 1. The number of carbonyl (C=O) groups is 2. The van der Waals surface area contributed by atoms with Crippen molar-refractivity contribution < 1.29 is 19.4 Å². The summed E-state index contributed by atoms with van der Waals surface area (Å²) in [6.07, 6.45) is 3.14. The molecule has 7 nitrogen and oxygen atoms in total. The monoisotopic (exact) mass is 599 g/mol. The molecule has 3 aromatic rings. The molecule has 0 bridgehead atoms. The van der Waals surface area contributed by atoms with Gasteiger partial charge in [-0.05, 0) is 94.4 Å². The maximum Gasteiger partial charge on any atom is 0.329 e. The molecule has 1 saturated carbocycles. The molecule has 1 aromatic heterocycles. The summed E-state index contributed by atoms with van der Waals surface area (Å²) in [5.74, 6) is -0.514. The van der Waals surface area contributed by atoms with Crippen LogP contribution in [0.1, 0.15) is 55.1 Å². The lowest BCUT2D eigenvalue weighted by molar-refractivity contribution is -0.146. The smallest absolute Gasteiger partial charge is 0.329 e. The zero-order valence-electron chi connectivity index (χ0n) is 24.1. The minimum Gasteiger partial charge on any atom is -0.492 e. The molecular weight excluding hydrogens is 561 g/mol. The number of hydrogen-bond donors (Lipinski definition) is 2. The molecule has 1 amide bonds. The molecule has 1 aliphatic rings. The van der Waals surface area contributed by atoms with E-state index in [1.165, 1.54) is 0 Å². The molecule has 1 heterocycles. The van der Waals surface area contributed by atoms with Crippen molar-refractivity contribution in [2.24, 2.45) is 5.92 Å². The fourth-order valence-corrected chi connectivity index (χ4v) is 5.32. The summed E-state index contributed by atoms with van der Waals surface area (Å²) in [6.45, 7) is 5.54. The van der Waals surface area contributed by atoms with E-state index in [9.17, 15) is 14.7 Å². The van der Waals surface area contributed by atoms with Gasteiger partial charge in [0.2, 0.25) is 0 Å². The van der Waals surface area contributed by atoms with Gasteiger partial charge in [-0.3, -0.25) is 4.79 Å². The third kappa shape index (κ3) is 7.79. The number of benzene rings is 2. The van der Waals surface area contributed by atoms with E-state index >= 15 is 0 Å². The molecule has 0 unspecified atom stereocenters. The van der Waals surface area contributed by atoms with Gasteiger partial charge in [-0.1, -0.05) is 48.9 Å². The zero-order chi connectivity index (χ0) is 28.9. The molecule has 2 N–H and O–H groups in total. The summed E-state index contributed by atoms with van der Waals surface area (Å²) in [4.78, 5) is 32.6. The Morgan fingerprint density at radius 3 is 2.46 bits per heavy atom. The number of halogens is 2. The fourth-order valence-electron chi connectivity index (χ4n) is 5.15. The summed E-state index contributed by atoms with van der Waals surface area (Å²) < 4.78 is 6.01. The van der Waals surface area contributed by atoms with Gasteiger partial charge >= 0.3 is 5.97 Å². The number of rotatable bonds is 10. The van der Waals surface area contributed by atoms with Crippen LogP contribution in [0.5, 0.6) is 5.75 Å². The molecule has 4 rings (SSSR count). The van der Waals surface area contributed by atoms with Gasteiger partial charge in [0.15, 0.2) is 0 Å². The van der Waals surface area contributed by atoms with Crippen molar-refractivity contribution in [3.05, 3.63) is 70.9 Å². The Labute approximate surface area is 253 Å². The Hall–Kier alpha value is -3.13. The van der Waals surface area contributed by atoms with Gasteiger partial charge in [0.1, 0.15) is 17.0 Å². The average molecular weight is 601 g/mol. The van der Waals surface area contributed by atoms with Gasteiger partial charge in [-0.15, -0.1) is 12.4 Å². The van der Waals surface area contributed by atoms with Crippen LogP contribution < -0.4 is 10.1 Å². The average Bonchev–Trinajstić information content (AvgIpc) is 2.93. The summed E-state index contributed by atoms with van der Waals surface area (Å²) in [6, 6.07) is 17.0. The predicted molar refractivity (Wildman–Crippen MR) is 166 cm³/mol. The van der Waals surface area contributed by atoms with Gasteiger partial charge in [0, 0.05) is 17.7 Å². The largest absolute Gasteiger partial charge is 0.492 e. The summed E-state index contributed by atoms with van der Waals surface area (Å²) >= 11 is 6.48. The van der Waals surface area contributed by atoms with Gasteiger partial charge in [-0.25, -0.2) is 9.78 Å². The number of amides is 1. The molecule has 0 radical (unpaired) electrons.